The van der Waals surface area contributed by atoms with Crippen molar-refractivity contribution in [3.8, 4) is 0 Å². The number of nitrogens with two attached hydrogens (primary N) is 1. The summed E-state index contributed by atoms with van der Waals surface area (Å²) in [6.07, 6.45) is 4.62. The van der Waals surface area contributed by atoms with Crippen LogP contribution in [0.15, 0.2) is 48.8 Å². The number of aromatic nitrogens is 1. The molecule has 0 spiro atoms. The van der Waals surface area contributed by atoms with E-state index in [4.69, 9.17) is 5.73 Å². The first-order valence-electron chi connectivity index (χ1n) is 5.85. The first-order chi connectivity index (χ1) is 8.34. The summed E-state index contributed by atoms with van der Waals surface area (Å²) in [7, 11) is 0. The Kier molecular flexibility index (Phi) is 2.44. The Morgan fingerprint density at radius 1 is 1.18 bits per heavy atom. The molecule has 0 aliphatic heterocycles. The average Bonchev–Trinajstić information content (AvgIpc) is 3.13. The molecule has 1 heterocycles. The van der Waals surface area contributed by atoms with Gasteiger partial charge in [0.1, 0.15) is 0 Å². The summed E-state index contributed by atoms with van der Waals surface area (Å²) in [6, 6.07) is 13.0. The monoisotopic (exact) mass is 225 g/mol. The van der Waals surface area contributed by atoms with Gasteiger partial charge in [0.05, 0.1) is 17.6 Å². The first kappa shape index (κ1) is 10.1. The highest BCUT2D eigenvalue weighted by Crippen LogP contribution is 2.43. The zero-order chi connectivity index (χ0) is 11.7. The fraction of sp³-hybridized carbons (Fsp3) is 0.214. The molecule has 0 saturated heterocycles. The molecule has 0 radical (unpaired) electrons. The Labute approximate surface area is 101 Å². The number of benzene rings is 1. The van der Waals surface area contributed by atoms with Crippen LogP contribution in [0.1, 0.15) is 17.9 Å². The zero-order valence-electron chi connectivity index (χ0n) is 9.51. The summed E-state index contributed by atoms with van der Waals surface area (Å²) in [5, 5.41) is 3.47. The number of pyridine rings is 1. The van der Waals surface area contributed by atoms with Crippen molar-refractivity contribution in [2.75, 3.05) is 11.1 Å². The molecule has 2 unspecified atom stereocenters. The minimum atomic E-state index is 0.502. The topological polar surface area (TPSA) is 50.9 Å². The van der Waals surface area contributed by atoms with Gasteiger partial charge < -0.3 is 11.1 Å². The van der Waals surface area contributed by atoms with Crippen LogP contribution in [0.2, 0.25) is 0 Å². The molecule has 0 amide bonds. The van der Waals surface area contributed by atoms with Crippen LogP contribution in [0.5, 0.6) is 0 Å². The van der Waals surface area contributed by atoms with Crippen molar-refractivity contribution in [3.05, 3.63) is 54.4 Å². The van der Waals surface area contributed by atoms with E-state index in [9.17, 15) is 0 Å². The molecule has 1 aliphatic carbocycles. The first-order valence-corrected chi connectivity index (χ1v) is 5.85. The van der Waals surface area contributed by atoms with Crippen LogP contribution in [0.3, 0.4) is 0 Å². The molecule has 0 bridgehead atoms. The predicted octanol–water partition coefficient (Wildman–Crippen LogP) is 2.63. The van der Waals surface area contributed by atoms with Crippen molar-refractivity contribution in [2.45, 2.75) is 18.4 Å². The normalized spacial score (nSPS) is 22.1. The highest BCUT2D eigenvalue weighted by molar-refractivity contribution is 5.65. The number of nitrogen functional groups attached to an aromatic ring is 1. The second kappa shape index (κ2) is 4.09. The van der Waals surface area contributed by atoms with Crippen LogP contribution in [-0.2, 0) is 0 Å². The van der Waals surface area contributed by atoms with Gasteiger partial charge in [-0.25, -0.2) is 0 Å². The third kappa shape index (κ3) is 2.09. The fourth-order valence-corrected chi connectivity index (χ4v) is 2.16. The summed E-state index contributed by atoms with van der Waals surface area (Å²) in [5.74, 6) is 0.615. The Bertz CT molecular complexity index is 510. The lowest BCUT2D eigenvalue weighted by Gasteiger charge is -2.08. The number of hydrogen-bond donors (Lipinski definition) is 2. The Morgan fingerprint density at radius 3 is 2.76 bits per heavy atom. The van der Waals surface area contributed by atoms with Crippen molar-refractivity contribution in [1.82, 2.24) is 4.98 Å². The van der Waals surface area contributed by atoms with E-state index in [2.05, 4.69) is 40.6 Å². The van der Waals surface area contributed by atoms with E-state index in [1.807, 2.05) is 6.07 Å². The third-order valence-corrected chi connectivity index (χ3v) is 3.21. The van der Waals surface area contributed by atoms with Crippen molar-refractivity contribution < 1.29 is 0 Å². The summed E-state index contributed by atoms with van der Waals surface area (Å²) < 4.78 is 0. The van der Waals surface area contributed by atoms with E-state index in [-0.39, 0.29) is 0 Å². The van der Waals surface area contributed by atoms with E-state index in [1.165, 1.54) is 12.0 Å². The highest BCUT2D eigenvalue weighted by atomic mass is 15.0. The fourth-order valence-electron chi connectivity index (χ4n) is 2.16. The SMILES string of the molecule is Nc1cnccc1NC1CC1c1ccccc1. The van der Waals surface area contributed by atoms with E-state index in [1.54, 1.807) is 12.4 Å². The van der Waals surface area contributed by atoms with E-state index < -0.39 is 0 Å². The van der Waals surface area contributed by atoms with Crippen LogP contribution >= 0.6 is 0 Å². The van der Waals surface area contributed by atoms with Crippen LogP contribution in [0, 0.1) is 0 Å². The van der Waals surface area contributed by atoms with Gasteiger partial charge in [-0.3, -0.25) is 4.98 Å². The molecule has 1 fully saturated rings. The van der Waals surface area contributed by atoms with Gasteiger partial charge in [0, 0.05) is 18.2 Å². The smallest absolute Gasteiger partial charge is 0.0736 e. The van der Waals surface area contributed by atoms with Crippen molar-refractivity contribution >= 4 is 11.4 Å². The summed E-state index contributed by atoms with van der Waals surface area (Å²) in [6.45, 7) is 0. The molecule has 2 atom stereocenters. The molecule has 1 aromatic carbocycles. The van der Waals surface area contributed by atoms with Crippen LogP contribution < -0.4 is 11.1 Å². The molecule has 3 rings (SSSR count). The molecule has 3 N–H and O–H groups in total. The summed E-state index contributed by atoms with van der Waals surface area (Å²) in [5.41, 5.74) is 8.96. The number of nitrogens with zero attached hydrogens (tertiary/aromatic N) is 1. The molecule has 2 aromatic rings. The maximum atomic E-state index is 5.86. The largest absolute Gasteiger partial charge is 0.396 e. The van der Waals surface area contributed by atoms with Crippen molar-refractivity contribution in [3.63, 3.8) is 0 Å². The van der Waals surface area contributed by atoms with E-state index >= 15 is 0 Å². The lowest BCUT2D eigenvalue weighted by Crippen LogP contribution is -2.06. The molecule has 1 aromatic heterocycles. The van der Waals surface area contributed by atoms with Gasteiger partial charge in [-0.05, 0) is 18.1 Å². The zero-order valence-corrected chi connectivity index (χ0v) is 9.51. The Balaban J connectivity index is 1.69. The van der Waals surface area contributed by atoms with Crippen molar-refractivity contribution in [2.24, 2.45) is 0 Å². The number of rotatable bonds is 3. The predicted molar refractivity (Wildman–Crippen MR) is 69.9 cm³/mol. The van der Waals surface area contributed by atoms with E-state index in [0.717, 1.165) is 5.69 Å². The number of anilines is 2. The Morgan fingerprint density at radius 2 is 2.00 bits per heavy atom. The molecule has 1 saturated carbocycles. The van der Waals surface area contributed by atoms with Gasteiger partial charge in [0.15, 0.2) is 0 Å². The van der Waals surface area contributed by atoms with Gasteiger partial charge in [0.25, 0.3) is 0 Å². The van der Waals surface area contributed by atoms with Gasteiger partial charge >= 0.3 is 0 Å². The van der Waals surface area contributed by atoms with E-state index in [0.29, 0.717) is 17.6 Å². The second-order valence-electron chi connectivity index (χ2n) is 4.47. The molecule has 1 aliphatic rings. The standard InChI is InChI=1S/C14H15N3/c15-12-9-16-7-6-13(12)17-14-8-11(14)10-4-2-1-3-5-10/h1-7,9,11,14H,8,15H2,(H,16,17). The molecular formula is C14H15N3. The minimum Gasteiger partial charge on any atom is -0.396 e. The lowest BCUT2D eigenvalue weighted by molar-refractivity contribution is 1.04. The van der Waals surface area contributed by atoms with Crippen LogP contribution in [-0.4, -0.2) is 11.0 Å². The summed E-state index contributed by atoms with van der Waals surface area (Å²) >= 11 is 0. The molecule has 17 heavy (non-hydrogen) atoms. The molecule has 3 nitrogen and oxygen atoms in total. The molecule has 86 valence electrons. The Hall–Kier alpha value is -2.03. The van der Waals surface area contributed by atoms with Gasteiger partial charge in [-0.1, -0.05) is 30.3 Å². The maximum absolute atomic E-state index is 5.86. The number of hydrogen-bond acceptors (Lipinski definition) is 3. The van der Waals surface area contributed by atoms with Crippen LogP contribution in [0.4, 0.5) is 11.4 Å². The molecular weight excluding hydrogens is 210 g/mol. The highest BCUT2D eigenvalue weighted by Gasteiger charge is 2.38. The van der Waals surface area contributed by atoms with Gasteiger partial charge in [-0.2, -0.15) is 0 Å². The minimum absolute atomic E-state index is 0.502. The summed E-state index contributed by atoms with van der Waals surface area (Å²) in [4.78, 5) is 3.98. The van der Waals surface area contributed by atoms with Crippen LogP contribution in [0.25, 0.3) is 0 Å². The van der Waals surface area contributed by atoms with Gasteiger partial charge in [-0.15, -0.1) is 0 Å². The lowest BCUT2D eigenvalue weighted by atomic mass is 10.1. The van der Waals surface area contributed by atoms with Gasteiger partial charge in [0.2, 0.25) is 0 Å². The quantitative estimate of drug-likeness (QED) is 0.844. The maximum Gasteiger partial charge on any atom is 0.0736 e. The second-order valence-corrected chi connectivity index (χ2v) is 4.47. The average molecular weight is 225 g/mol. The van der Waals surface area contributed by atoms with Crippen molar-refractivity contribution in [1.29, 1.82) is 0 Å². The number of nitrogens with one attached hydrogen (secondary N) is 1. The third-order valence-electron chi connectivity index (χ3n) is 3.21. The molecule has 3 heteroatoms.